The van der Waals surface area contributed by atoms with Crippen LogP contribution < -0.4 is 0 Å². The highest BCUT2D eigenvalue weighted by atomic mass is 35.7. The van der Waals surface area contributed by atoms with Gasteiger partial charge < -0.3 is 4.74 Å². The smallest absolute Gasteiger partial charge is 0.374 e. The molecule has 0 atom stereocenters. The van der Waals surface area contributed by atoms with E-state index >= 15 is 0 Å². The van der Waals surface area contributed by atoms with Crippen LogP contribution in [-0.4, -0.2) is 30.9 Å². The first-order chi connectivity index (χ1) is 8.34. The summed E-state index contributed by atoms with van der Waals surface area (Å²) in [6.07, 6.45) is 2.49. The Morgan fingerprint density at radius 2 is 2.17 bits per heavy atom. The number of pyridine rings is 1. The molecular weight excluding hydrogens is 303 g/mol. The molecule has 0 fully saturated rings. The summed E-state index contributed by atoms with van der Waals surface area (Å²) in [7, 11) is 2.46. The van der Waals surface area contributed by atoms with E-state index in [0.717, 1.165) is 6.20 Å². The van der Waals surface area contributed by atoms with Crippen LogP contribution in [0.1, 0.15) is 10.6 Å². The van der Waals surface area contributed by atoms with Crippen LogP contribution in [-0.2, 0) is 13.8 Å². The average Bonchev–Trinajstić information content (AvgIpc) is 2.71. The summed E-state index contributed by atoms with van der Waals surface area (Å²) >= 11 is 5.89. The third-order valence-corrected chi connectivity index (χ3v) is 3.84. The molecule has 0 bridgehead atoms. The number of carbonyl (C=O) groups is 1. The first-order valence-electron chi connectivity index (χ1n) is 4.54. The van der Waals surface area contributed by atoms with E-state index in [-0.39, 0.29) is 15.7 Å². The van der Waals surface area contributed by atoms with Crippen molar-refractivity contribution in [3.05, 3.63) is 29.3 Å². The van der Waals surface area contributed by atoms with Crippen molar-refractivity contribution in [1.29, 1.82) is 0 Å². The summed E-state index contributed by atoms with van der Waals surface area (Å²) in [6, 6.07) is 1.18. The molecule has 0 saturated heterocycles. The van der Waals surface area contributed by atoms with Gasteiger partial charge in [0.1, 0.15) is 4.90 Å². The SMILES string of the molecule is COC(=O)c1ncc2c(Cl)cc(S(=O)(=O)Cl)cn12. The normalized spacial score (nSPS) is 11.7. The monoisotopic (exact) mass is 308 g/mol. The molecular formula is C9H6Cl2N2O4S. The molecule has 0 saturated carbocycles. The standard InChI is InChI=1S/C9H6Cl2N2O4S/c1-17-9(14)8-12-3-7-6(10)2-5(4-13(7)8)18(11,15)16/h2-4H,1H3. The third-order valence-electron chi connectivity index (χ3n) is 2.22. The first kappa shape index (κ1) is 13.1. The Morgan fingerprint density at radius 1 is 1.50 bits per heavy atom. The van der Waals surface area contributed by atoms with Crippen molar-refractivity contribution >= 4 is 42.8 Å². The highest BCUT2D eigenvalue weighted by Crippen LogP contribution is 2.25. The minimum Gasteiger partial charge on any atom is -0.463 e. The highest BCUT2D eigenvalue weighted by Gasteiger charge is 2.19. The van der Waals surface area contributed by atoms with Gasteiger partial charge in [0.25, 0.3) is 9.05 Å². The highest BCUT2D eigenvalue weighted by molar-refractivity contribution is 8.13. The number of aromatic nitrogens is 2. The van der Waals surface area contributed by atoms with Crippen LogP contribution in [0.5, 0.6) is 0 Å². The molecule has 2 aromatic rings. The number of carbonyl (C=O) groups excluding carboxylic acids is 1. The molecule has 0 aliphatic heterocycles. The number of halogens is 2. The lowest BCUT2D eigenvalue weighted by molar-refractivity contribution is 0.0586. The van der Waals surface area contributed by atoms with Gasteiger partial charge in [-0.2, -0.15) is 0 Å². The predicted molar refractivity (Wildman–Crippen MR) is 64.6 cm³/mol. The van der Waals surface area contributed by atoms with E-state index in [1.807, 2.05) is 0 Å². The Labute approximate surface area is 112 Å². The average molecular weight is 309 g/mol. The second kappa shape index (κ2) is 4.42. The minimum atomic E-state index is -3.96. The van der Waals surface area contributed by atoms with Crippen molar-refractivity contribution in [2.75, 3.05) is 7.11 Å². The third kappa shape index (κ3) is 2.16. The zero-order chi connectivity index (χ0) is 13.5. The van der Waals surface area contributed by atoms with Crippen molar-refractivity contribution in [3.8, 4) is 0 Å². The van der Waals surface area contributed by atoms with Gasteiger partial charge in [-0.15, -0.1) is 0 Å². The lowest BCUT2D eigenvalue weighted by atomic mass is 10.4. The van der Waals surface area contributed by atoms with Crippen LogP contribution >= 0.6 is 22.3 Å². The number of rotatable bonds is 2. The molecule has 6 nitrogen and oxygen atoms in total. The van der Waals surface area contributed by atoms with E-state index in [1.165, 1.54) is 23.8 Å². The zero-order valence-corrected chi connectivity index (χ0v) is 11.3. The number of hydrogen-bond acceptors (Lipinski definition) is 5. The van der Waals surface area contributed by atoms with Gasteiger partial charge in [0.05, 0.1) is 23.8 Å². The second-order valence-electron chi connectivity index (χ2n) is 3.29. The van der Waals surface area contributed by atoms with E-state index < -0.39 is 15.0 Å². The number of methoxy groups -OCH3 is 1. The molecule has 0 aliphatic carbocycles. The van der Waals surface area contributed by atoms with E-state index in [4.69, 9.17) is 22.3 Å². The summed E-state index contributed by atoms with van der Waals surface area (Å²) in [4.78, 5) is 15.0. The van der Waals surface area contributed by atoms with Crippen LogP contribution in [0.25, 0.3) is 5.52 Å². The maximum Gasteiger partial charge on any atom is 0.374 e. The van der Waals surface area contributed by atoms with Crippen LogP contribution in [0.2, 0.25) is 5.02 Å². The van der Waals surface area contributed by atoms with Gasteiger partial charge in [-0.05, 0) is 6.07 Å². The van der Waals surface area contributed by atoms with Crippen molar-refractivity contribution in [1.82, 2.24) is 9.38 Å². The number of ether oxygens (including phenoxy) is 1. The molecule has 2 rings (SSSR count). The molecule has 2 aromatic heterocycles. The molecule has 0 amide bonds. The molecule has 0 aromatic carbocycles. The van der Waals surface area contributed by atoms with Crippen LogP contribution in [0.3, 0.4) is 0 Å². The topological polar surface area (TPSA) is 77.7 Å². The summed E-state index contributed by atoms with van der Waals surface area (Å²) < 4.78 is 28.2. The summed E-state index contributed by atoms with van der Waals surface area (Å²) in [5, 5.41) is 0.111. The van der Waals surface area contributed by atoms with E-state index in [0.29, 0.717) is 5.52 Å². The first-order valence-corrected chi connectivity index (χ1v) is 7.23. The number of esters is 1. The van der Waals surface area contributed by atoms with E-state index in [9.17, 15) is 13.2 Å². The van der Waals surface area contributed by atoms with Gasteiger partial charge in [-0.1, -0.05) is 11.6 Å². The Bertz CT molecular complexity index is 738. The summed E-state index contributed by atoms with van der Waals surface area (Å²) in [5.41, 5.74) is 0.376. The lowest BCUT2D eigenvalue weighted by Gasteiger charge is -2.03. The van der Waals surface area contributed by atoms with Crippen molar-refractivity contribution < 1.29 is 17.9 Å². The van der Waals surface area contributed by atoms with Gasteiger partial charge >= 0.3 is 5.97 Å². The van der Waals surface area contributed by atoms with Crippen LogP contribution in [0, 0.1) is 0 Å². The minimum absolute atomic E-state index is 0.0865. The molecule has 18 heavy (non-hydrogen) atoms. The molecule has 0 radical (unpaired) electrons. The van der Waals surface area contributed by atoms with E-state index in [1.54, 1.807) is 0 Å². The predicted octanol–water partition coefficient (Wildman–Crippen LogP) is 1.70. The van der Waals surface area contributed by atoms with Crippen molar-refractivity contribution in [2.24, 2.45) is 0 Å². The fourth-order valence-electron chi connectivity index (χ4n) is 1.41. The van der Waals surface area contributed by atoms with Gasteiger partial charge in [0.15, 0.2) is 0 Å². The molecule has 0 N–H and O–H groups in total. The lowest BCUT2D eigenvalue weighted by Crippen LogP contribution is -2.08. The molecule has 0 unspecified atom stereocenters. The van der Waals surface area contributed by atoms with Crippen LogP contribution in [0.15, 0.2) is 23.4 Å². The number of nitrogens with zero attached hydrogens (tertiary/aromatic N) is 2. The Morgan fingerprint density at radius 3 is 2.72 bits per heavy atom. The van der Waals surface area contributed by atoms with E-state index in [2.05, 4.69) is 9.72 Å². The quantitative estimate of drug-likeness (QED) is 0.623. The maximum atomic E-state index is 11.4. The van der Waals surface area contributed by atoms with Gasteiger partial charge in [0.2, 0.25) is 5.82 Å². The number of imidazole rings is 1. The molecule has 96 valence electrons. The largest absolute Gasteiger partial charge is 0.463 e. The van der Waals surface area contributed by atoms with Gasteiger partial charge in [-0.3, -0.25) is 4.40 Å². The number of fused-ring (bicyclic) bond motifs is 1. The fourth-order valence-corrected chi connectivity index (χ4v) is 2.47. The van der Waals surface area contributed by atoms with Crippen LogP contribution in [0.4, 0.5) is 0 Å². The fraction of sp³-hybridized carbons (Fsp3) is 0.111. The summed E-state index contributed by atoms with van der Waals surface area (Å²) in [5.74, 6) is -0.799. The molecule has 2 heterocycles. The maximum absolute atomic E-state index is 11.4. The van der Waals surface area contributed by atoms with Crippen molar-refractivity contribution in [3.63, 3.8) is 0 Å². The Balaban J connectivity index is 2.80. The van der Waals surface area contributed by atoms with Crippen molar-refractivity contribution in [2.45, 2.75) is 4.90 Å². The molecule has 9 heteroatoms. The Hall–Kier alpha value is -1.31. The molecule has 0 aliphatic rings. The molecule has 0 spiro atoms. The second-order valence-corrected chi connectivity index (χ2v) is 6.26. The number of hydrogen-bond donors (Lipinski definition) is 0. The summed E-state index contributed by atoms with van der Waals surface area (Å²) in [6.45, 7) is 0. The van der Waals surface area contributed by atoms with Gasteiger partial charge in [-0.25, -0.2) is 18.2 Å². The Kier molecular flexibility index (Phi) is 3.22. The van der Waals surface area contributed by atoms with Gasteiger partial charge in [0, 0.05) is 16.9 Å². The zero-order valence-electron chi connectivity index (χ0n) is 8.92.